The molecule has 836 valence electrons. The molecule has 11 rings (SSSR count). The van der Waals surface area contributed by atoms with E-state index in [0.717, 1.165) is 50.9 Å². The minimum atomic E-state index is 0. The summed E-state index contributed by atoms with van der Waals surface area (Å²) in [6, 6.07) is 119. The second-order valence-electron chi connectivity index (χ2n) is 34.2. The van der Waals surface area contributed by atoms with Gasteiger partial charge >= 0.3 is 0 Å². The fourth-order valence-corrected chi connectivity index (χ4v) is 13.9. The summed E-state index contributed by atoms with van der Waals surface area (Å²) in [6.45, 7) is 65.2. The zero-order valence-corrected chi connectivity index (χ0v) is 84.8. The summed E-state index contributed by atoms with van der Waals surface area (Å²) in [4.78, 5) is 0. The van der Waals surface area contributed by atoms with Crippen LogP contribution in [0.1, 0.15) is 490 Å². The van der Waals surface area contributed by atoms with Crippen LogP contribution in [0, 0.1) is 24.2 Å². The second-order valence-corrected chi connectivity index (χ2v) is 34.2. The largest absolute Gasteiger partial charge is 0.120 e. The maximum Gasteiger partial charge on any atom is 0.00576 e. The molecule has 0 heterocycles. The van der Waals surface area contributed by atoms with Crippen molar-refractivity contribution < 1.29 is 0 Å². The summed E-state index contributed by atoms with van der Waals surface area (Å²) in [5.74, 6) is 8.10. The minimum absolute atomic E-state index is 0. The van der Waals surface area contributed by atoms with E-state index in [1.807, 2.05) is 26.8 Å². The average molecular weight is 2020 g/mol. The van der Waals surface area contributed by atoms with Crippen LogP contribution in [0.3, 0.4) is 0 Å². The Morgan fingerprint density at radius 2 is 0.531 bits per heavy atom. The molecule has 8 unspecified atom stereocenters. The van der Waals surface area contributed by atoms with E-state index in [4.69, 9.17) is 6.42 Å². The van der Waals surface area contributed by atoms with Gasteiger partial charge in [-0.05, 0) is 211 Å². The van der Waals surface area contributed by atoms with E-state index in [1.165, 1.54) is 141 Å². The third kappa shape index (κ3) is 90.0. The molecule has 147 heavy (non-hydrogen) atoms. The molecule has 0 amide bonds. The Morgan fingerprint density at radius 3 is 0.748 bits per heavy atom. The quantitative estimate of drug-likeness (QED) is 0.0284. The van der Waals surface area contributed by atoms with Crippen LogP contribution in [0.4, 0.5) is 0 Å². The zero-order valence-electron chi connectivity index (χ0n) is 84.8. The summed E-state index contributed by atoms with van der Waals surface area (Å²) in [5, 5.41) is 0. The summed E-state index contributed by atoms with van der Waals surface area (Å²) >= 11 is 0. The van der Waals surface area contributed by atoms with Crippen LogP contribution in [0.5, 0.6) is 0 Å². The molecule has 0 aliphatic carbocycles. The molecular weight excluding hydrogens is 1770 g/mol. The molecule has 0 N–H and O–H groups in total. The minimum Gasteiger partial charge on any atom is -0.120 e. The first-order valence-electron chi connectivity index (χ1n) is 49.0. The molecule has 11 aromatic carbocycles. The molecular formula is C147H248. The van der Waals surface area contributed by atoms with E-state index in [1.54, 1.807) is 0 Å². The second kappa shape index (κ2) is 122. The highest BCUT2D eigenvalue weighted by Gasteiger charge is 2.23. The normalized spacial score (nSPS) is 10.6. The lowest BCUT2D eigenvalue weighted by Gasteiger charge is -2.25. The van der Waals surface area contributed by atoms with Crippen LogP contribution in [0.2, 0.25) is 0 Å². The number of unbranched alkanes of at least 4 members (excludes halogenated alkanes) is 1. The first-order chi connectivity index (χ1) is 62.5. The van der Waals surface area contributed by atoms with Crippen molar-refractivity contribution >= 4 is 17.2 Å². The van der Waals surface area contributed by atoms with Crippen molar-refractivity contribution in [3.8, 4) is 12.3 Å². The van der Waals surface area contributed by atoms with Crippen molar-refractivity contribution in [1.82, 2.24) is 0 Å². The molecule has 0 aliphatic rings. The SMILES string of the molecule is C.C.C.C.C.C.C.C.C.C.C.C.C.C.C.C.C.C.C#CCC.C=C(C)CC(C)C=CC.C=C(C)CCC.C=C(CC(CC(/C=C\c1ccccc1)c1ccccc1)c1ccccc1)c1ccccc1.C=C(CC(CC(C)c1ccccc1)c1ccccc1)c1ccccc1.C=CCC.CC.CC(CC(CC(C)c1ccccc1)c1ccccc1)c1ccccc1.CCC.CCC(C)C.CCC(C)c1ccccc1.CCCC. The van der Waals surface area contributed by atoms with Gasteiger partial charge in [-0.3, -0.25) is 0 Å². The van der Waals surface area contributed by atoms with E-state index in [-0.39, 0.29) is 134 Å². The van der Waals surface area contributed by atoms with E-state index in [2.05, 4.69) is 521 Å². The summed E-state index contributed by atoms with van der Waals surface area (Å²) < 4.78 is 0. The van der Waals surface area contributed by atoms with Gasteiger partial charge in [-0.25, -0.2) is 0 Å². The monoisotopic (exact) mass is 2010 g/mol. The Kier molecular flexibility index (Phi) is 151. The lowest BCUT2D eigenvalue weighted by molar-refractivity contribution is 0.489. The van der Waals surface area contributed by atoms with E-state index < -0.39 is 0 Å². The number of benzene rings is 11. The highest BCUT2D eigenvalue weighted by Crippen LogP contribution is 2.41. The number of hydrogen-bond donors (Lipinski definition) is 0. The van der Waals surface area contributed by atoms with Gasteiger partial charge < -0.3 is 0 Å². The Bertz CT molecular complexity index is 4440. The molecule has 0 fully saturated rings. The number of rotatable bonds is 33. The van der Waals surface area contributed by atoms with Gasteiger partial charge in [0.25, 0.3) is 0 Å². The Labute approximate surface area is 927 Å². The highest BCUT2D eigenvalue weighted by molar-refractivity contribution is 5.65. The number of allylic oxidation sites excluding steroid dienone is 8. The molecule has 0 aromatic heterocycles. The molecule has 8 atom stereocenters. The van der Waals surface area contributed by atoms with Crippen LogP contribution in [0.15, 0.2) is 402 Å². The molecule has 0 saturated carbocycles. The van der Waals surface area contributed by atoms with Gasteiger partial charge in [-0.15, -0.1) is 32.1 Å². The van der Waals surface area contributed by atoms with E-state index in [9.17, 15) is 0 Å². The van der Waals surface area contributed by atoms with Crippen LogP contribution >= 0.6 is 0 Å². The van der Waals surface area contributed by atoms with Crippen molar-refractivity contribution in [1.29, 1.82) is 0 Å². The van der Waals surface area contributed by atoms with Gasteiger partial charge in [0, 0.05) is 12.3 Å². The number of hydrogen-bond acceptors (Lipinski definition) is 0. The van der Waals surface area contributed by atoms with Crippen molar-refractivity contribution in [2.24, 2.45) is 11.8 Å². The zero-order chi connectivity index (χ0) is 95.9. The van der Waals surface area contributed by atoms with Crippen LogP contribution in [-0.4, -0.2) is 0 Å². The predicted molar refractivity (Wildman–Crippen MR) is 708 cm³/mol. The highest BCUT2D eigenvalue weighted by atomic mass is 14.3. The Morgan fingerprint density at radius 1 is 0.299 bits per heavy atom. The maximum atomic E-state index is 4.78. The van der Waals surface area contributed by atoms with Crippen molar-refractivity contribution in [3.63, 3.8) is 0 Å². The summed E-state index contributed by atoms with van der Waals surface area (Å²) in [7, 11) is 0. The Balaban J connectivity index is -0.0000000772. The van der Waals surface area contributed by atoms with Crippen molar-refractivity contribution in [2.75, 3.05) is 0 Å². The fourth-order valence-electron chi connectivity index (χ4n) is 13.9. The third-order valence-corrected chi connectivity index (χ3v) is 21.9. The molecule has 0 nitrogen and oxygen atoms in total. The third-order valence-electron chi connectivity index (χ3n) is 21.9. The van der Waals surface area contributed by atoms with Gasteiger partial charge in [0.15, 0.2) is 0 Å². The molecule has 0 radical (unpaired) electrons. The molecule has 11 aromatic rings. The fraction of sp³-hybridized carbons (Fsp3) is 0.442. The topological polar surface area (TPSA) is 0 Å². The average Bonchev–Trinajstić information content (AvgIpc) is 0.834. The smallest absolute Gasteiger partial charge is 0.00576 e. The van der Waals surface area contributed by atoms with Crippen LogP contribution in [0.25, 0.3) is 17.2 Å². The summed E-state index contributed by atoms with van der Waals surface area (Å²) in [6.07, 6.45) is 33.9. The predicted octanol–water partition coefficient (Wildman–Crippen LogP) is 52.1. The first-order valence-corrected chi connectivity index (χ1v) is 49.0. The van der Waals surface area contributed by atoms with Crippen LogP contribution < -0.4 is 0 Å². The molecule has 0 spiro atoms. The standard InChI is InChI=1S/C32H30.C25H28.C25H26.C10H14.C9H16.C6H12.C5H12.C4H10.C4H8.C4H6.C3H8.C2H6.18CH4/c1-26(28-16-8-3-9-17-28)24-32(30-20-12-5-13-21-30)25-31(29-18-10-4-11-19-29)23-22-27-14-6-2-7-15-27;2*1-20(22-12-6-3-7-13-22)18-25(24-16-10-5-11-17-24)19-21(2)23-14-8-4-9-15-23;1-3-9(2)10-7-5-4-6-8-10;1-5-6-9(4)7-8(2)3;1-4-5-6(2)3;1-4-5(2)3;3*1-3-4-2;1-3-2;1-2;;;;;;;;;;;;;;;;;;/h2-23,31-32H,1,24-25H2;3-17,20-21,25H,18-19H2,1-2H3;3-17,21,25H,1,18-19H2,2H3;4-9H,3H2,1-2H3;5-6,9H,2,7H2,1,3-4H3;2,4-5H2,1,3H3;5H,4H2,1-3H3;3-4H2,1-2H3;3H,1,4H2,2H3;1H,4H2,2H3;3H2,1-2H3;1-2H3;18*1H4/b23-22-;;;;;;;;;;;;;;;;;;;;;;;;;;;;;. The molecule has 0 aliphatic heterocycles. The number of terminal acetylenes is 1. The lowest BCUT2D eigenvalue weighted by atomic mass is 9.80. The van der Waals surface area contributed by atoms with Gasteiger partial charge in [-0.2, -0.15) is 0 Å². The van der Waals surface area contributed by atoms with Gasteiger partial charge in [0.05, 0.1) is 0 Å². The van der Waals surface area contributed by atoms with Gasteiger partial charge in [-0.1, -0.05) is 679 Å². The first kappa shape index (κ1) is 181. The van der Waals surface area contributed by atoms with E-state index >= 15 is 0 Å². The Hall–Kier alpha value is -10.8. The molecule has 0 heteroatoms. The molecule has 0 bridgehead atoms. The van der Waals surface area contributed by atoms with Gasteiger partial charge in [0.1, 0.15) is 0 Å². The maximum absolute atomic E-state index is 4.78. The van der Waals surface area contributed by atoms with E-state index in [0.29, 0.717) is 53.3 Å². The van der Waals surface area contributed by atoms with Crippen molar-refractivity contribution in [3.05, 3.63) is 463 Å². The van der Waals surface area contributed by atoms with Crippen molar-refractivity contribution in [2.45, 2.75) is 429 Å². The molecule has 0 saturated heterocycles. The van der Waals surface area contributed by atoms with Gasteiger partial charge in [0.2, 0.25) is 0 Å². The lowest BCUT2D eigenvalue weighted by Crippen LogP contribution is -2.08. The van der Waals surface area contributed by atoms with Crippen LogP contribution in [-0.2, 0) is 0 Å². The summed E-state index contributed by atoms with van der Waals surface area (Å²) in [5.41, 5.74) is 20.0.